The minimum atomic E-state index is -3.30. The molecule has 1 N–H and O–H groups in total. The van der Waals surface area contributed by atoms with Gasteiger partial charge in [0.1, 0.15) is 5.69 Å². The summed E-state index contributed by atoms with van der Waals surface area (Å²) in [5.74, 6) is 1.25. The van der Waals surface area contributed by atoms with E-state index >= 15 is 0 Å². The Balaban J connectivity index is 2.01. The van der Waals surface area contributed by atoms with Crippen molar-refractivity contribution in [1.29, 1.82) is 0 Å². The summed E-state index contributed by atoms with van der Waals surface area (Å²) < 4.78 is 29.7. The molecule has 0 atom stereocenters. The summed E-state index contributed by atoms with van der Waals surface area (Å²) in [6, 6.07) is 13.6. The van der Waals surface area contributed by atoms with E-state index in [1.807, 2.05) is 12.1 Å². The van der Waals surface area contributed by atoms with Crippen LogP contribution in [-0.2, 0) is 15.6 Å². The Kier molecular flexibility index (Phi) is 6.65. The van der Waals surface area contributed by atoms with E-state index in [1.54, 1.807) is 24.3 Å². The number of rotatable bonds is 5. The van der Waals surface area contributed by atoms with Crippen molar-refractivity contribution in [3.63, 3.8) is 0 Å². The van der Waals surface area contributed by atoms with E-state index in [0.29, 0.717) is 33.7 Å². The Morgan fingerprint density at radius 1 is 1.17 bits per heavy atom. The molecule has 10 heteroatoms. The summed E-state index contributed by atoms with van der Waals surface area (Å²) in [4.78, 5) is 4.80. The summed E-state index contributed by atoms with van der Waals surface area (Å²) in [6.45, 7) is 0. The maximum Gasteiger partial charge on any atom is 0.205 e. The topological polar surface area (TPSA) is 83.6 Å². The summed E-state index contributed by atoms with van der Waals surface area (Å²) in [6.07, 6.45) is 1.16. The Labute approximate surface area is 183 Å². The minimum absolute atomic E-state index is 0.223. The fourth-order valence-electron chi connectivity index (χ4n) is 2.50. The monoisotopic (exact) mass is 468 g/mol. The number of aromatic nitrogens is 1. The van der Waals surface area contributed by atoms with Crippen molar-refractivity contribution in [1.82, 2.24) is 10.0 Å². The van der Waals surface area contributed by atoms with Crippen LogP contribution in [0.1, 0.15) is 5.89 Å². The molecule has 0 unspecified atom stereocenters. The van der Waals surface area contributed by atoms with Gasteiger partial charge >= 0.3 is 0 Å². The smallest absolute Gasteiger partial charge is 0.205 e. The molecule has 0 saturated heterocycles. The first-order chi connectivity index (χ1) is 13.6. The summed E-state index contributed by atoms with van der Waals surface area (Å²) >= 11 is 12.3. The highest BCUT2D eigenvalue weighted by Gasteiger charge is 2.18. The molecule has 6 nitrogen and oxygen atoms in total. The molecule has 0 spiro atoms. The molecular formula is C19H17ClN2O4S3. The van der Waals surface area contributed by atoms with Gasteiger partial charge in [0.2, 0.25) is 5.89 Å². The van der Waals surface area contributed by atoms with Gasteiger partial charge in [-0.15, -0.1) is 0 Å². The SMILES string of the molecule is CN(O)C(=S)SCc1nc(-c2ccc(Cl)cc2)c(-c2ccc(S(C)(=O)=O)cc2)o1. The summed E-state index contributed by atoms with van der Waals surface area (Å²) in [5.41, 5.74) is 2.10. The van der Waals surface area contributed by atoms with Gasteiger partial charge in [0.15, 0.2) is 19.9 Å². The molecule has 0 fully saturated rings. The molecule has 0 radical (unpaired) electrons. The Bertz CT molecular complexity index is 1130. The van der Waals surface area contributed by atoms with Crippen LogP contribution in [-0.4, -0.2) is 41.3 Å². The molecule has 0 amide bonds. The quantitative estimate of drug-likeness (QED) is 0.418. The van der Waals surface area contributed by atoms with E-state index in [-0.39, 0.29) is 9.22 Å². The third-order valence-corrected chi connectivity index (χ3v) is 6.82. The maximum atomic E-state index is 11.7. The number of thiocarbonyl (C=S) groups is 1. The van der Waals surface area contributed by atoms with Crippen molar-refractivity contribution < 1.29 is 18.0 Å². The minimum Gasteiger partial charge on any atom is -0.439 e. The van der Waals surface area contributed by atoms with Gasteiger partial charge in [-0.3, -0.25) is 5.21 Å². The molecule has 3 aromatic rings. The number of hydrogen-bond donors (Lipinski definition) is 1. The largest absolute Gasteiger partial charge is 0.439 e. The summed E-state index contributed by atoms with van der Waals surface area (Å²) in [5, 5.41) is 10.8. The van der Waals surface area contributed by atoms with Gasteiger partial charge in [-0.05, 0) is 36.4 Å². The molecule has 1 heterocycles. The van der Waals surface area contributed by atoms with Gasteiger partial charge in [-0.25, -0.2) is 18.5 Å². The zero-order chi connectivity index (χ0) is 21.2. The lowest BCUT2D eigenvalue weighted by Gasteiger charge is -2.08. The number of halogens is 1. The molecule has 0 aliphatic heterocycles. The third-order valence-electron chi connectivity index (χ3n) is 3.92. The van der Waals surface area contributed by atoms with Crippen LogP contribution in [0.3, 0.4) is 0 Å². The predicted molar refractivity (Wildman–Crippen MR) is 119 cm³/mol. The van der Waals surface area contributed by atoms with Crippen LogP contribution in [0, 0.1) is 0 Å². The van der Waals surface area contributed by atoms with Crippen LogP contribution in [0.15, 0.2) is 57.8 Å². The number of thioether (sulfide) groups is 1. The van der Waals surface area contributed by atoms with Gasteiger partial charge in [0, 0.05) is 29.5 Å². The van der Waals surface area contributed by atoms with Crippen LogP contribution < -0.4 is 0 Å². The number of benzene rings is 2. The van der Waals surface area contributed by atoms with E-state index in [2.05, 4.69) is 4.98 Å². The van der Waals surface area contributed by atoms with Crippen LogP contribution in [0.25, 0.3) is 22.6 Å². The highest BCUT2D eigenvalue weighted by atomic mass is 35.5. The van der Waals surface area contributed by atoms with Crippen molar-refractivity contribution in [3.05, 3.63) is 59.4 Å². The lowest BCUT2D eigenvalue weighted by molar-refractivity contribution is 0.0205. The lowest BCUT2D eigenvalue weighted by Crippen LogP contribution is -2.17. The Hall–Kier alpha value is -1.91. The molecule has 0 saturated carbocycles. The van der Waals surface area contributed by atoms with Crippen molar-refractivity contribution in [2.75, 3.05) is 13.3 Å². The van der Waals surface area contributed by atoms with Crippen LogP contribution >= 0.6 is 35.6 Å². The molecule has 0 bridgehead atoms. The first-order valence-electron chi connectivity index (χ1n) is 8.30. The normalized spacial score (nSPS) is 11.4. The van der Waals surface area contributed by atoms with E-state index in [0.717, 1.165) is 16.9 Å². The van der Waals surface area contributed by atoms with Crippen molar-refractivity contribution in [3.8, 4) is 22.6 Å². The second-order valence-electron chi connectivity index (χ2n) is 6.17. The second-order valence-corrected chi connectivity index (χ2v) is 10.2. The average Bonchev–Trinajstić information content (AvgIpc) is 3.10. The number of hydroxylamine groups is 2. The molecule has 29 heavy (non-hydrogen) atoms. The van der Waals surface area contributed by atoms with Crippen molar-refractivity contribution in [2.45, 2.75) is 10.6 Å². The third kappa shape index (κ3) is 5.37. The van der Waals surface area contributed by atoms with Crippen molar-refractivity contribution >= 4 is 49.7 Å². The van der Waals surface area contributed by atoms with E-state index < -0.39 is 9.84 Å². The van der Waals surface area contributed by atoms with Gasteiger partial charge < -0.3 is 4.42 Å². The predicted octanol–water partition coefficient (Wildman–Crippen LogP) is 4.90. The lowest BCUT2D eigenvalue weighted by atomic mass is 10.1. The second kappa shape index (κ2) is 8.85. The van der Waals surface area contributed by atoms with Gasteiger partial charge in [-0.1, -0.05) is 47.7 Å². The fourth-order valence-corrected chi connectivity index (χ4v) is 3.99. The van der Waals surface area contributed by atoms with Crippen molar-refractivity contribution in [2.24, 2.45) is 0 Å². The van der Waals surface area contributed by atoms with Gasteiger partial charge in [-0.2, -0.15) is 0 Å². The molecule has 3 rings (SSSR count). The number of sulfone groups is 1. The fraction of sp³-hybridized carbons (Fsp3) is 0.158. The zero-order valence-corrected chi connectivity index (χ0v) is 18.7. The van der Waals surface area contributed by atoms with Gasteiger partial charge in [0.25, 0.3) is 0 Å². The molecule has 1 aromatic heterocycles. The number of nitrogens with zero attached hydrogens (tertiary/aromatic N) is 2. The zero-order valence-electron chi connectivity index (χ0n) is 15.5. The maximum absolute atomic E-state index is 11.7. The van der Waals surface area contributed by atoms with Gasteiger partial charge in [0.05, 0.1) is 10.6 Å². The molecule has 152 valence electrons. The standard InChI is InChI=1S/C19H17ClN2O4S3/c1-22(23)19(27)28-11-16-21-17(12-3-7-14(20)8-4-12)18(26-16)13-5-9-15(10-6-13)29(2,24)25/h3-10,23H,11H2,1-2H3. The Morgan fingerprint density at radius 2 is 1.76 bits per heavy atom. The molecule has 2 aromatic carbocycles. The highest BCUT2D eigenvalue weighted by molar-refractivity contribution is 8.22. The number of hydrogen-bond acceptors (Lipinski definition) is 7. The van der Waals surface area contributed by atoms with Crippen LogP contribution in [0.5, 0.6) is 0 Å². The van der Waals surface area contributed by atoms with E-state index in [9.17, 15) is 13.6 Å². The van der Waals surface area contributed by atoms with E-state index in [1.165, 1.54) is 30.9 Å². The first-order valence-corrected chi connectivity index (χ1v) is 12.0. The molecular weight excluding hydrogens is 452 g/mol. The first kappa shape index (κ1) is 21.8. The summed E-state index contributed by atoms with van der Waals surface area (Å²) in [7, 11) is -1.85. The number of oxazole rings is 1. The Morgan fingerprint density at radius 3 is 2.31 bits per heavy atom. The van der Waals surface area contributed by atoms with Crippen LogP contribution in [0.4, 0.5) is 0 Å². The average molecular weight is 469 g/mol. The molecule has 0 aliphatic rings. The molecule has 0 aliphatic carbocycles. The van der Waals surface area contributed by atoms with E-state index in [4.69, 9.17) is 28.2 Å². The van der Waals surface area contributed by atoms with Crippen LogP contribution in [0.2, 0.25) is 5.02 Å². The highest BCUT2D eigenvalue weighted by Crippen LogP contribution is 2.34.